The molecule has 0 saturated carbocycles. The minimum absolute atomic E-state index is 0.321. The highest BCUT2D eigenvalue weighted by Gasteiger charge is 2.29. The molecule has 0 aliphatic heterocycles. The summed E-state index contributed by atoms with van der Waals surface area (Å²) in [6, 6.07) is 35.0. The van der Waals surface area contributed by atoms with Crippen molar-refractivity contribution in [2.24, 2.45) is 16.8 Å². The van der Waals surface area contributed by atoms with Gasteiger partial charge in [-0.25, -0.2) is 0 Å². The zero-order valence-corrected chi connectivity index (χ0v) is 24.2. The number of allylic oxidation sites excluding steroid dienone is 9. The molecule has 1 aromatic heterocycles. The third kappa shape index (κ3) is 5.33. The molecule has 5 aromatic rings. The highest BCUT2D eigenvalue weighted by molar-refractivity contribution is 6.15. The van der Waals surface area contributed by atoms with Crippen LogP contribution >= 0.6 is 0 Å². The summed E-state index contributed by atoms with van der Waals surface area (Å²) >= 11 is 0. The van der Waals surface area contributed by atoms with Crippen molar-refractivity contribution in [3.8, 4) is 11.1 Å². The number of aromatic nitrogens is 1. The topological polar surface area (TPSA) is 25.2 Å². The standard InChI is InChI=1S/C41H34N2/c1-2-3-11-25-42-28-34-15-12-20-39(43-34)31-23-21-29-22-24-32(27-33(29)26-31)41-37-18-9-7-16-35(37)40(30-13-5-4-6-14-30)36-17-8-10-19-38(36)41/h2-26,29,32-33H,1,27-28H2/b11-3-,42-25-. The molecule has 43 heavy (non-hydrogen) atoms. The number of pyridine rings is 1. The van der Waals surface area contributed by atoms with Crippen molar-refractivity contribution in [2.75, 3.05) is 0 Å². The molecule has 2 nitrogen and oxygen atoms in total. The summed E-state index contributed by atoms with van der Waals surface area (Å²) in [4.78, 5) is 9.43. The normalized spacial score (nSPS) is 19.7. The second kappa shape index (κ2) is 12.0. The molecule has 1 heterocycles. The number of aliphatic imine (C=N–C) groups is 1. The van der Waals surface area contributed by atoms with E-state index in [4.69, 9.17) is 4.98 Å². The van der Waals surface area contributed by atoms with E-state index in [1.165, 1.54) is 43.8 Å². The SMILES string of the molecule is C=C/C=C\C=N/Cc1cccc(C2=CC3CC(c4c5ccccc5c(-c5ccccc5)c5ccccc45)C=CC3C=C2)n1. The second-order valence-corrected chi connectivity index (χ2v) is 11.3. The smallest absolute Gasteiger partial charge is 0.0811 e. The Labute approximate surface area is 253 Å². The Balaban J connectivity index is 1.25. The van der Waals surface area contributed by atoms with Crippen LogP contribution in [0.1, 0.15) is 29.3 Å². The van der Waals surface area contributed by atoms with Crippen LogP contribution in [0, 0.1) is 11.8 Å². The van der Waals surface area contributed by atoms with Crippen molar-refractivity contribution in [3.05, 3.63) is 169 Å². The van der Waals surface area contributed by atoms with E-state index in [0.717, 1.165) is 17.8 Å². The Hall–Kier alpha value is -5.08. The molecule has 2 aliphatic carbocycles. The summed E-state index contributed by atoms with van der Waals surface area (Å²) in [6.07, 6.45) is 20.3. The average molecular weight is 555 g/mol. The molecule has 3 unspecified atom stereocenters. The van der Waals surface area contributed by atoms with Gasteiger partial charge in [-0.1, -0.05) is 134 Å². The maximum absolute atomic E-state index is 4.95. The second-order valence-electron chi connectivity index (χ2n) is 11.3. The molecule has 7 rings (SSSR count). The van der Waals surface area contributed by atoms with Crippen LogP contribution in [0.25, 0.3) is 38.2 Å². The lowest BCUT2D eigenvalue weighted by Crippen LogP contribution is -2.19. The third-order valence-corrected chi connectivity index (χ3v) is 8.68. The Morgan fingerprint density at radius 1 is 0.744 bits per heavy atom. The molecule has 3 atom stereocenters. The molecule has 2 heteroatoms. The van der Waals surface area contributed by atoms with Gasteiger partial charge in [-0.15, -0.1) is 0 Å². The van der Waals surface area contributed by atoms with Gasteiger partial charge in [-0.2, -0.15) is 0 Å². The van der Waals surface area contributed by atoms with Crippen molar-refractivity contribution in [1.29, 1.82) is 0 Å². The van der Waals surface area contributed by atoms with Crippen LogP contribution in [0.15, 0.2) is 157 Å². The van der Waals surface area contributed by atoms with Gasteiger partial charge >= 0.3 is 0 Å². The predicted molar refractivity (Wildman–Crippen MR) is 183 cm³/mol. The Morgan fingerprint density at radius 2 is 1.47 bits per heavy atom. The molecule has 2 aliphatic rings. The first-order valence-electron chi connectivity index (χ1n) is 15.1. The van der Waals surface area contributed by atoms with Crippen molar-refractivity contribution in [2.45, 2.75) is 18.9 Å². The monoisotopic (exact) mass is 554 g/mol. The number of fused-ring (bicyclic) bond motifs is 3. The maximum Gasteiger partial charge on any atom is 0.0811 e. The zero-order chi connectivity index (χ0) is 29.0. The van der Waals surface area contributed by atoms with E-state index in [9.17, 15) is 0 Å². The molecule has 208 valence electrons. The van der Waals surface area contributed by atoms with Gasteiger partial charge in [0.2, 0.25) is 0 Å². The molecule has 0 radical (unpaired) electrons. The van der Waals surface area contributed by atoms with E-state index < -0.39 is 0 Å². The van der Waals surface area contributed by atoms with Crippen molar-refractivity contribution in [1.82, 2.24) is 4.98 Å². The molecule has 0 spiro atoms. The average Bonchev–Trinajstić information content (AvgIpc) is 3.07. The lowest BCUT2D eigenvalue weighted by Gasteiger charge is -2.32. The largest absolute Gasteiger partial charge is 0.287 e. The zero-order valence-electron chi connectivity index (χ0n) is 24.2. The van der Waals surface area contributed by atoms with Gasteiger partial charge in [0, 0.05) is 18.1 Å². The van der Waals surface area contributed by atoms with Crippen molar-refractivity contribution >= 4 is 33.3 Å². The van der Waals surface area contributed by atoms with Gasteiger partial charge in [0.15, 0.2) is 0 Å². The number of nitrogens with zero attached hydrogens (tertiary/aromatic N) is 2. The maximum atomic E-state index is 4.95. The lowest BCUT2D eigenvalue weighted by molar-refractivity contribution is 0.464. The van der Waals surface area contributed by atoms with Gasteiger partial charge in [0.1, 0.15) is 0 Å². The Kier molecular flexibility index (Phi) is 7.50. The summed E-state index contributed by atoms with van der Waals surface area (Å²) in [5.41, 5.74) is 7.20. The molecular formula is C41H34N2. The lowest BCUT2D eigenvalue weighted by atomic mass is 9.71. The Bertz CT molecular complexity index is 1900. The van der Waals surface area contributed by atoms with E-state index in [0.29, 0.717) is 24.3 Å². The third-order valence-electron chi connectivity index (χ3n) is 8.68. The van der Waals surface area contributed by atoms with Crippen LogP contribution in [0.3, 0.4) is 0 Å². The van der Waals surface area contributed by atoms with Crippen LogP contribution in [-0.4, -0.2) is 11.2 Å². The number of hydrogen-bond donors (Lipinski definition) is 0. The predicted octanol–water partition coefficient (Wildman–Crippen LogP) is 10.3. The molecule has 0 bridgehead atoms. The number of hydrogen-bond acceptors (Lipinski definition) is 2. The van der Waals surface area contributed by atoms with Gasteiger partial charge in [0.05, 0.1) is 17.9 Å². The fourth-order valence-electron chi connectivity index (χ4n) is 6.75. The number of rotatable bonds is 7. The van der Waals surface area contributed by atoms with Crippen LogP contribution in [0.5, 0.6) is 0 Å². The molecule has 0 fully saturated rings. The quantitative estimate of drug-likeness (QED) is 0.0850. The Morgan fingerprint density at radius 3 is 2.21 bits per heavy atom. The van der Waals surface area contributed by atoms with Gasteiger partial charge in [-0.05, 0) is 74.4 Å². The van der Waals surface area contributed by atoms with Gasteiger partial charge in [0.25, 0.3) is 0 Å². The van der Waals surface area contributed by atoms with E-state index >= 15 is 0 Å². The van der Waals surface area contributed by atoms with Crippen LogP contribution < -0.4 is 0 Å². The van der Waals surface area contributed by atoms with Crippen LogP contribution in [0.2, 0.25) is 0 Å². The highest BCUT2D eigenvalue weighted by atomic mass is 14.8. The van der Waals surface area contributed by atoms with E-state index in [1.54, 1.807) is 12.3 Å². The molecule has 0 amide bonds. The molecule has 0 saturated heterocycles. The summed E-state index contributed by atoms with van der Waals surface area (Å²) < 4.78 is 0. The fourth-order valence-corrected chi connectivity index (χ4v) is 6.75. The summed E-state index contributed by atoms with van der Waals surface area (Å²) in [7, 11) is 0. The van der Waals surface area contributed by atoms with E-state index in [1.807, 2.05) is 18.2 Å². The molecular weight excluding hydrogens is 520 g/mol. The summed E-state index contributed by atoms with van der Waals surface area (Å²) in [6.45, 7) is 4.25. The first-order chi connectivity index (χ1) is 21.3. The van der Waals surface area contributed by atoms with Gasteiger partial charge in [-0.3, -0.25) is 9.98 Å². The summed E-state index contributed by atoms with van der Waals surface area (Å²) in [5, 5.41) is 5.34. The summed E-state index contributed by atoms with van der Waals surface area (Å²) in [5.74, 6) is 1.14. The highest BCUT2D eigenvalue weighted by Crippen LogP contribution is 2.47. The fraction of sp³-hybridized carbons (Fsp3) is 0.122. The molecule has 4 aromatic carbocycles. The molecule has 0 N–H and O–H groups in total. The minimum Gasteiger partial charge on any atom is -0.287 e. The van der Waals surface area contributed by atoms with Crippen molar-refractivity contribution < 1.29 is 0 Å². The first-order valence-corrected chi connectivity index (χ1v) is 15.1. The van der Waals surface area contributed by atoms with Crippen LogP contribution in [0.4, 0.5) is 0 Å². The van der Waals surface area contributed by atoms with Crippen molar-refractivity contribution in [3.63, 3.8) is 0 Å². The first kappa shape index (κ1) is 26.8. The van der Waals surface area contributed by atoms with E-state index in [-0.39, 0.29) is 0 Å². The van der Waals surface area contributed by atoms with Crippen LogP contribution in [-0.2, 0) is 6.54 Å². The number of benzene rings is 4. The van der Waals surface area contributed by atoms with Gasteiger partial charge < -0.3 is 0 Å². The van der Waals surface area contributed by atoms with E-state index in [2.05, 4.69) is 133 Å². The minimum atomic E-state index is 0.321.